The summed E-state index contributed by atoms with van der Waals surface area (Å²) in [4.78, 5) is 27.0. The average molecular weight is 418 g/mol. The number of hydrogen-bond donors (Lipinski definition) is 2. The van der Waals surface area contributed by atoms with Gasteiger partial charge in [0.15, 0.2) is 5.11 Å². The largest absolute Gasteiger partial charge is 0.337 e. The van der Waals surface area contributed by atoms with Gasteiger partial charge < -0.3 is 10.2 Å². The summed E-state index contributed by atoms with van der Waals surface area (Å²) < 4.78 is 0. The summed E-state index contributed by atoms with van der Waals surface area (Å²) in [6.45, 7) is 2.41. The van der Waals surface area contributed by atoms with Crippen LogP contribution < -0.4 is 10.6 Å². The Balaban J connectivity index is 1.69. The number of hydrogen-bond acceptors (Lipinski definition) is 3. The van der Waals surface area contributed by atoms with Crippen molar-refractivity contribution in [2.24, 2.45) is 0 Å². The van der Waals surface area contributed by atoms with E-state index in [1.54, 1.807) is 48.3 Å². The lowest BCUT2D eigenvalue weighted by molar-refractivity contribution is 0.0786. The number of benzene rings is 3. The van der Waals surface area contributed by atoms with E-state index in [-0.39, 0.29) is 16.9 Å². The molecule has 2 N–H and O–H groups in total. The summed E-state index contributed by atoms with van der Waals surface area (Å²) in [6, 6.07) is 24.1. The quantitative estimate of drug-likeness (QED) is 0.605. The van der Waals surface area contributed by atoms with Gasteiger partial charge in [-0.1, -0.05) is 60.2 Å². The number of para-hydroxylation sites is 1. The predicted octanol–water partition coefficient (Wildman–Crippen LogP) is 4.39. The molecule has 0 fully saturated rings. The molecule has 3 rings (SSSR count). The van der Waals surface area contributed by atoms with Crippen molar-refractivity contribution in [3.05, 3.63) is 101 Å². The monoisotopic (exact) mass is 417 g/mol. The lowest BCUT2D eigenvalue weighted by atomic mass is 10.1. The predicted molar refractivity (Wildman–Crippen MR) is 124 cm³/mol. The van der Waals surface area contributed by atoms with Crippen LogP contribution in [0.15, 0.2) is 78.9 Å². The molecule has 152 valence electrons. The van der Waals surface area contributed by atoms with Gasteiger partial charge in [0, 0.05) is 19.2 Å². The minimum atomic E-state index is -0.304. The van der Waals surface area contributed by atoms with Gasteiger partial charge in [0.05, 0.1) is 11.3 Å². The molecule has 0 saturated carbocycles. The molecule has 3 aromatic carbocycles. The zero-order valence-corrected chi connectivity index (χ0v) is 17.7. The van der Waals surface area contributed by atoms with Gasteiger partial charge in [-0.05, 0) is 49.0 Å². The van der Waals surface area contributed by atoms with Crippen molar-refractivity contribution in [3.8, 4) is 0 Å². The van der Waals surface area contributed by atoms with Crippen LogP contribution in [0.2, 0.25) is 0 Å². The molecule has 0 aliphatic rings. The lowest BCUT2D eigenvalue weighted by Crippen LogP contribution is -2.35. The van der Waals surface area contributed by atoms with Crippen LogP contribution in [0.3, 0.4) is 0 Å². The van der Waals surface area contributed by atoms with E-state index in [1.807, 2.05) is 49.4 Å². The highest BCUT2D eigenvalue weighted by Gasteiger charge is 2.17. The molecule has 0 radical (unpaired) electrons. The third-order valence-corrected chi connectivity index (χ3v) is 4.73. The van der Waals surface area contributed by atoms with Crippen molar-refractivity contribution in [2.45, 2.75) is 13.5 Å². The molecule has 0 atom stereocenters. The summed E-state index contributed by atoms with van der Waals surface area (Å²) in [6.07, 6.45) is 0. The lowest BCUT2D eigenvalue weighted by Gasteiger charge is -2.20. The molecule has 0 heterocycles. The summed E-state index contributed by atoms with van der Waals surface area (Å²) in [7, 11) is 1.75. The third-order valence-electron chi connectivity index (χ3n) is 4.52. The first-order valence-corrected chi connectivity index (χ1v) is 9.92. The highest BCUT2D eigenvalue weighted by Crippen LogP contribution is 2.18. The van der Waals surface area contributed by atoms with E-state index in [9.17, 15) is 9.59 Å². The van der Waals surface area contributed by atoms with Crippen LogP contribution in [-0.4, -0.2) is 28.9 Å². The standard InChI is InChI=1S/C24H23N3O2S/c1-17-9-8-12-19(15-17)22(28)26-24(30)25-21-14-7-6-13-20(21)23(29)27(2)16-18-10-4-3-5-11-18/h3-15H,16H2,1-2H3,(H2,25,26,28,30). The van der Waals surface area contributed by atoms with E-state index in [0.717, 1.165) is 11.1 Å². The van der Waals surface area contributed by atoms with Crippen molar-refractivity contribution < 1.29 is 9.59 Å². The Morgan fingerprint density at radius 3 is 2.37 bits per heavy atom. The van der Waals surface area contributed by atoms with E-state index in [4.69, 9.17) is 12.2 Å². The van der Waals surface area contributed by atoms with Gasteiger partial charge in [-0.3, -0.25) is 14.9 Å². The number of amides is 2. The zero-order valence-electron chi connectivity index (χ0n) is 16.9. The first-order valence-electron chi connectivity index (χ1n) is 9.51. The molecule has 0 bridgehead atoms. The van der Waals surface area contributed by atoms with Crippen LogP contribution in [0.1, 0.15) is 31.8 Å². The summed E-state index contributed by atoms with van der Waals surface area (Å²) >= 11 is 5.29. The van der Waals surface area contributed by atoms with E-state index >= 15 is 0 Å². The number of rotatable bonds is 5. The second-order valence-electron chi connectivity index (χ2n) is 6.97. The number of nitrogens with one attached hydrogen (secondary N) is 2. The number of carbonyl (C=O) groups is 2. The molecule has 0 unspecified atom stereocenters. The minimum absolute atomic E-state index is 0.132. The molecule has 6 heteroatoms. The Kier molecular flexibility index (Phi) is 6.93. The van der Waals surface area contributed by atoms with E-state index in [1.165, 1.54) is 0 Å². The smallest absolute Gasteiger partial charge is 0.257 e. The number of nitrogens with zero attached hydrogens (tertiary/aromatic N) is 1. The molecule has 0 aromatic heterocycles. The molecule has 0 spiro atoms. The van der Waals surface area contributed by atoms with Crippen molar-refractivity contribution in [3.63, 3.8) is 0 Å². The van der Waals surface area contributed by atoms with E-state index < -0.39 is 0 Å². The number of thiocarbonyl (C=S) groups is 1. The van der Waals surface area contributed by atoms with E-state index in [0.29, 0.717) is 23.4 Å². The molecule has 3 aromatic rings. The van der Waals surface area contributed by atoms with Crippen LogP contribution in [0.5, 0.6) is 0 Å². The van der Waals surface area contributed by atoms with Gasteiger partial charge in [0.1, 0.15) is 0 Å². The molecule has 0 aliphatic heterocycles. The van der Waals surface area contributed by atoms with Gasteiger partial charge in [-0.2, -0.15) is 0 Å². The van der Waals surface area contributed by atoms with Crippen LogP contribution >= 0.6 is 12.2 Å². The summed E-state index contributed by atoms with van der Waals surface area (Å²) in [5.41, 5.74) is 3.56. The van der Waals surface area contributed by atoms with Gasteiger partial charge in [-0.15, -0.1) is 0 Å². The van der Waals surface area contributed by atoms with Gasteiger partial charge in [0.2, 0.25) is 0 Å². The zero-order chi connectivity index (χ0) is 21.5. The summed E-state index contributed by atoms with van der Waals surface area (Å²) in [5, 5.41) is 5.77. The average Bonchev–Trinajstić information content (AvgIpc) is 2.74. The Hall–Kier alpha value is -3.51. The van der Waals surface area contributed by atoms with Gasteiger partial charge in [-0.25, -0.2) is 0 Å². The molecular weight excluding hydrogens is 394 g/mol. The fraction of sp³-hybridized carbons (Fsp3) is 0.125. The first kappa shape index (κ1) is 21.2. The highest BCUT2D eigenvalue weighted by molar-refractivity contribution is 7.80. The maximum atomic E-state index is 13.0. The number of anilines is 1. The topological polar surface area (TPSA) is 61.4 Å². The minimum Gasteiger partial charge on any atom is -0.337 e. The summed E-state index contributed by atoms with van der Waals surface area (Å²) in [5.74, 6) is -0.448. The fourth-order valence-corrected chi connectivity index (χ4v) is 3.23. The van der Waals surface area contributed by atoms with Crippen LogP contribution in [0.4, 0.5) is 5.69 Å². The second-order valence-corrected chi connectivity index (χ2v) is 7.38. The second kappa shape index (κ2) is 9.80. The third kappa shape index (κ3) is 5.52. The molecule has 0 aliphatic carbocycles. The highest BCUT2D eigenvalue weighted by atomic mass is 32.1. The van der Waals surface area contributed by atoms with Crippen molar-refractivity contribution in [2.75, 3.05) is 12.4 Å². The Bertz CT molecular complexity index is 1070. The molecule has 0 saturated heterocycles. The Morgan fingerprint density at radius 1 is 0.933 bits per heavy atom. The van der Waals surface area contributed by atoms with Crippen molar-refractivity contribution in [1.82, 2.24) is 10.2 Å². The van der Waals surface area contributed by atoms with Crippen LogP contribution in [-0.2, 0) is 6.54 Å². The SMILES string of the molecule is Cc1cccc(C(=O)NC(=S)Nc2ccccc2C(=O)N(C)Cc2ccccc2)c1. The molecule has 2 amide bonds. The van der Waals surface area contributed by atoms with Crippen LogP contribution in [0, 0.1) is 6.92 Å². The Labute approximate surface area is 181 Å². The van der Waals surface area contributed by atoms with E-state index in [2.05, 4.69) is 10.6 Å². The van der Waals surface area contributed by atoms with Crippen LogP contribution in [0.25, 0.3) is 0 Å². The Morgan fingerprint density at radius 2 is 1.63 bits per heavy atom. The fourth-order valence-electron chi connectivity index (χ4n) is 3.03. The molecule has 5 nitrogen and oxygen atoms in total. The van der Waals surface area contributed by atoms with Gasteiger partial charge >= 0.3 is 0 Å². The molecular formula is C24H23N3O2S. The number of carbonyl (C=O) groups excluding carboxylic acids is 2. The maximum Gasteiger partial charge on any atom is 0.257 e. The molecule has 30 heavy (non-hydrogen) atoms. The number of aryl methyl sites for hydroxylation is 1. The maximum absolute atomic E-state index is 13.0. The van der Waals surface area contributed by atoms with Crippen molar-refractivity contribution >= 4 is 34.8 Å². The van der Waals surface area contributed by atoms with Gasteiger partial charge in [0.25, 0.3) is 11.8 Å². The van der Waals surface area contributed by atoms with Crippen molar-refractivity contribution in [1.29, 1.82) is 0 Å². The first-order chi connectivity index (χ1) is 14.4. The normalized spacial score (nSPS) is 10.2.